The van der Waals surface area contributed by atoms with E-state index in [2.05, 4.69) is 15.3 Å². The van der Waals surface area contributed by atoms with Gasteiger partial charge in [0, 0.05) is 11.2 Å². The lowest BCUT2D eigenvalue weighted by atomic mass is 10.2. The van der Waals surface area contributed by atoms with Gasteiger partial charge in [-0.15, -0.1) is 5.10 Å². The number of carboxylic acid groups (broad SMARTS) is 1. The molecule has 0 unspecified atom stereocenters. The van der Waals surface area contributed by atoms with Gasteiger partial charge >= 0.3 is 5.97 Å². The molecule has 0 aliphatic rings. The summed E-state index contributed by atoms with van der Waals surface area (Å²) in [5, 5.41) is 17.6. The maximum Gasteiger partial charge on any atom is 0.358 e. The average Bonchev–Trinajstić information content (AvgIpc) is 2.96. The number of rotatable bonds is 3. The third kappa shape index (κ3) is 2.44. The predicted octanol–water partition coefficient (Wildman–Crippen LogP) is 2.99. The second-order valence-electron chi connectivity index (χ2n) is 4.65. The van der Waals surface area contributed by atoms with E-state index < -0.39 is 5.97 Å². The summed E-state index contributed by atoms with van der Waals surface area (Å²) < 4.78 is 1.43. The van der Waals surface area contributed by atoms with Crippen molar-refractivity contribution >= 4 is 17.6 Å². The maximum absolute atomic E-state index is 11.4. The van der Waals surface area contributed by atoms with E-state index >= 15 is 0 Å². The number of nitrogens with zero attached hydrogens (tertiary/aromatic N) is 4. The lowest BCUT2D eigenvalue weighted by molar-refractivity contribution is 0.0691. The lowest BCUT2D eigenvalue weighted by Crippen LogP contribution is -2.04. The first-order chi connectivity index (χ1) is 10.6. The van der Waals surface area contributed by atoms with Gasteiger partial charge in [-0.25, -0.2) is 9.48 Å². The Bertz CT molecular complexity index is 846. The zero-order chi connectivity index (χ0) is 15.7. The van der Waals surface area contributed by atoms with Crippen molar-refractivity contribution in [3.05, 3.63) is 58.9 Å². The molecule has 0 fully saturated rings. The van der Waals surface area contributed by atoms with Crippen LogP contribution >= 0.6 is 11.6 Å². The van der Waals surface area contributed by atoms with E-state index in [4.69, 9.17) is 11.6 Å². The number of hydrogen-bond donors (Lipinski definition) is 1. The Morgan fingerprint density at radius 2 is 2.09 bits per heavy atom. The van der Waals surface area contributed by atoms with Gasteiger partial charge in [0.25, 0.3) is 0 Å². The quantitative estimate of drug-likeness (QED) is 0.803. The Labute approximate surface area is 131 Å². The van der Waals surface area contributed by atoms with Crippen molar-refractivity contribution in [1.82, 2.24) is 20.0 Å². The monoisotopic (exact) mass is 314 g/mol. The highest BCUT2D eigenvalue weighted by Gasteiger charge is 2.22. The van der Waals surface area contributed by atoms with E-state index in [1.54, 1.807) is 36.5 Å². The molecule has 7 heteroatoms. The van der Waals surface area contributed by atoms with Gasteiger partial charge in [0.15, 0.2) is 5.69 Å². The van der Waals surface area contributed by atoms with Crippen LogP contribution in [0.1, 0.15) is 16.1 Å². The third-order valence-electron chi connectivity index (χ3n) is 3.18. The predicted molar refractivity (Wildman–Crippen MR) is 81.3 cm³/mol. The van der Waals surface area contributed by atoms with Gasteiger partial charge in [-0.3, -0.25) is 4.98 Å². The first kappa shape index (κ1) is 14.2. The summed E-state index contributed by atoms with van der Waals surface area (Å²) in [7, 11) is 0. The molecule has 0 aliphatic heterocycles. The Morgan fingerprint density at radius 3 is 2.73 bits per heavy atom. The molecule has 1 aromatic carbocycles. The number of carbonyl (C=O) groups is 1. The lowest BCUT2D eigenvalue weighted by Gasteiger charge is -2.08. The van der Waals surface area contributed by atoms with Crippen molar-refractivity contribution in [2.75, 3.05) is 0 Å². The summed E-state index contributed by atoms with van der Waals surface area (Å²) >= 11 is 6.14. The minimum atomic E-state index is -1.16. The molecular weight excluding hydrogens is 304 g/mol. The van der Waals surface area contributed by atoms with Gasteiger partial charge in [0.1, 0.15) is 5.69 Å². The number of aryl methyl sites for hydroxylation is 1. The number of aromatic nitrogens is 4. The van der Waals surface area contributed by atoms with E-state index in [0.717, 1.165) is 5.56 Å². The van der Waals surface area contributed by atoms with Crippen LogP contribution in [0.5, 0.6) is 0 Å². The molecule has 0 bridgehead atoms. The summed E-state index contributed by atoms with van der Waals surface area (Å²) in [4.78, 5) is 15.6. The Balaban J connectivity index is 2.24. The van der Waals surface area contributed by atoms with Crippen molar-refractivity contribution in [2.45, 2.75) is 6.92 Å². The van der Waals surface area contributed by atoms with Gasteiger partial charge in [-0.1, -0.05) is 28.9 Å². The molecule has 0 radical (unpaired) electrons. The first-order valence-electron chi connectivity index (χ1n) is 6.45. The zero-order valence-corrected chi connectivity index (χ0v) is 12.3. The fourth-order valence-electron chi connectivity index (χ4n) is 2.05. The summed E-state index contributed by atoms with van der Waals surface area (Å²) in [5.74, 6) is -1.16. The summed E-state index contributed by atoms with van der Waals surface area (Å²) in [6.07, 6.45) is 1.58. The molecule has 0 atom stereocenters. The number of aromatic carboxylic acids is 1. The molecule has 3 rings (SSSR count). The van der Waals surface area contributed by atoms with Gasteiger partial charge in [-0.05, 0) is 36.8 Å². The fourth-order valence-corrected chi connectivity index (χ4v) is 2.23. The first-order valence-corrected chi connectivity index (χ1v) is 6.82. The topological polar surface area (TPSA) is 80.9 Å². The molecule has 0 spiro atoms. The van der Waals surface area contributed by atoms with Crippen LogP contribution in [0.4, 0.5) is 0 Å². The summed E-state index contributed by atoms with van der Waals surface area (Å²) in [6, 6.07) is 10.6. The van der Waals surface area contributed by atoms with Gasteiger partial charge < -0.3 is 5.11 Å². The second-order valence-corrected chi connectivity index (χ2v) is 5.06. The maximum atomic E-state index is 11.4. The molecule has 0 saturated heterocycles. The normalized spacial score (nSPS) is 10.6. The molecule has 2 aromatic heterocycles. The van der Waals surface area contributed by atoms with Crippen molar-refractivity contribution in [3.63, 3.8) is 0 Å². The summed E-state index contributed by atoms with van der Waals surface area (Å²) in [6.45, 7) is 1.88. The third-order valence-corrected chi connectivity index (χ3v) is 3.59. The van der Waals surface area contributed by atoms with Crippen molar-refractivity contribution < 1.29 is 9.90 Å². The van der Waals surface area contributed by atoms with E-state index in [9.17, 15) is 9.90 Å². The average molecular weight is 315 g/mol. The molecular formula is C15H11ClN4O2. The Morgan fingerprint density at radius 1 is 1.27 bits per heavy atom. The van der Waals surface area contributed by atoms with Crippen molar-refractivity contribution in [3.8, 4) is 17.1 Å². The number of halogens is 1. The number of hydrogen-bond acceptors (Lipinski definition) is 4. The molecule has 110 valence electrons. The van der Waals surface area contributed by atoms with Crippen LogP contribution < -0.4 is 0 Å². The summed E-state index contributed by atoms with van der Waals surface area (Å²) in [5.41, 5.74) is 2.17. The van der Waals surface area contributed by atoms with E-state index in [1.807, 2.05) is 13.0 Å². The van der Waals surface area contributed by atoms with Crippen molar-refractivity contribution in [1.29, 1.82) is 0 Å². The van der Waals surface area contributed by atoms with Crippen LogP contribution in [-0.2, 0) is 0 Å². The SMILES string of the molecule is Cc1ccc(-n2nnc(C(=O)O)c2-c2ccccn2)cc1Cl. The van der Waals surface area contributed by atoms with Crippen LogP contribution in [0.3, 0.4) is 0 Å². The molecule has 2 heterocycles. The highest BCUT2D eigenvalue weighted by Crippen LogP contribution is 2.26. The van der Waals surface area contributed by atoms with Crippen LogP contribution in [-0.4, -0.2) is 31.1 Å². The standard InChI is InChI=1S/C15H11ClN4O2/c1-9-5-6-10(8-11(9)16)20-14(12-4-2-3-7-17-12)13(15(21)22)18-19-20/h2-8H,1H3,(H,21,22). The van der Waals surface area contributed by atoms with Crippen LogP contribution in [0.2, 0.25) is 5.02 Å². The van der Waals surface area contributed by atoms with E-state index in [-0.39, 0.29) is 5.69 Å². The molecule has 0 aliphatic carbocycles. The molecule has 0 saturated carbocycles. The largest absolute Gasteiger partial charge is 0.476 e. The molecule has 0 amide bonds. The minimum absolute atomic E-state index is 0.157. The van der Waals surface area contributed by atoms with Gasteiger partial charge in [0.2, 0.25) is 0 Å². The van der Waals surface area contributed by atoms with Crippen LogP contribution in [0.15, 0.2) is 42.6 Å². The van der Waals surface area contributed by atoms with E-state index in [1.165, 1.54) is 4.68 Å². The van der Waals surface area contributed by atoms with Crippen LogP contribution in [0, 0.1) is 6.92 Å². The highest BCUT2D eigenvalue weighted by molar-refractivity contribution is 6.31. The smallest absolute Gasteiger partial charge is 0.358 e. The second kappa shape index (κ2) is 5.57. The zero-order valence-electron chi connectivity index (χ0n) is 11.6. The van der Waals surface area contributed by atoms with Crippen molar-refractivity contribution in [2.24, 2.45) is 0 Å². The number of pyridine rings is 1. The van der Waals surface area contributed by atoms with Crippen LogP contribution in [0.25, 0.3) is 17.1 Å². The van der Waals surface area contributed by atoms with Gasteiger partial charge in [-0.2, -0.15) is 0 Å². The molecule has 6 nitrogen and oxygen atoms in total. The number of carboxylic acids is 1. The number of benzene rings is 1. The molecule has 3 aromatic rings. The van der Waals surface area contributed by atoms with E-state index in [0.29, 0.717) is 22.1 Å². The molecule has 1 N–H and O–H groups in total. The Kier molecular flexibility index (Phi) is 3.60. The Hall–Kier alpha value is -2.73. The minimum Gasteiger partial charge on any atom is -0.476 e. The van der Waals surface area contributed by atoms with Gasteiger partial charge in [0.05, 0.1) is 11.4 Å². The highest BCUT2D eigenvalue weighted by atomic mass is 35.5. The fraction of sp³-hybridized carbons (Fsp3) is 0.0667. The molecule has 22 heavy (non-hydrogen) atoms.